The molecule has 1 fully saturated rings. The molecule has 0 amide bonds. The van der Waals surface area contributed by atoms with E-state index in [9.17, 15) is 0 Å². The van der Waals surface area contributed by atoms with Gasteiger partial charge in [0.15, 0.2) is 0 Å². The zero-order chi connectivity index (χ0) is 15.2. The Morgan fingerprint density at radius 3 is 2.76 bits per heavy atom. The normalized spacial score (nSPS) is 26.0. The van der Waals surface area contributed by atoms with Crippen LogP contribution in [-0.4, -0.2) is 20.2 Å². The van der Waals surface area contributed by atoms with E-state index in [4.69, 9.17) is 4.74 Å². The van der Waals surface area contributed by atoms with Crippen LogP contribution in [0.15, 0.2) is 24.3 Å². The van der Waals surface area contributed by atoms with Gasteiger partial charge in [0.05, 0.1) is 6.61 Å². The Hall–Kier alpha value is -1.02. The average Bonchev–Trinajstić information content (AvgIpc) is 2.48. The first-order valence-electron chi connectivity index (χ1n) is 8.53. The van der Waals surface area contributed by atoms with Gasteiger partial charge in [0, 0.05) is 0 Å². The van der Waals surface area contributed by atoms with Crippen molar-refractivity contribution in [3.63, 3.8) is 0 Å². The van der Waals surface area contributed by atoms with Gasteiger partial charge < -0.3 is 10.1 Å². The molecule has 1 N–H and O–H groups in total. The SMILES string of the molecule is CCOc1cccc(C2CC(C(C)C)CCC2CNC)c1. The van der Waals surface area contributed by atoms with Crippen LogP contribution in [-0.2, 0) is 0 Å². The molecule has 3 unspecified atom stereocenters. The standard InChI is InChI=1S/C19H31NO/c1-5-21-18-8-6-7-16(11-18)19-12-15(14(2)3)9-10-17(19)13-20-4/h6-8,11,14-15,17,19-20H,5,9-10,12-13H2,1-4H3. The molecule has 1 aliphatic rings. The first kappa shape index (κ1) is 16.4. The summed E-state index contributed by atoms with van der Waals surface area (Å²) in [4.78, 5) is 0. The lowest BCUT2D eigenvalue weighted by molar-refractivity contribution is 0.192. The Morgan fingerprint density at radius 2 is 2.10 bits per heavy atom. The van der Waals surface area contributed by atoms with Gasteiger partial charge in [-0.25, -0.2) is 0 Å². The van der Waals surface area contributed by atoms with Crippen molar-refractivity contribution in [3.8, 4) is 5.75 Å². The zero-order valence-electron chi connectivity index (χ0n) is 14.1. The van der Waals surface area contributed by atoms with Gasteiger partial charge in [0.1, 0.15) is 5.75 Å². The summed E-state index contributed by atoms with van der Waals surface area (Å²) in [5.41, 5.74) is 1.46. The number of hydrogen-bond donors (Lipinski definition) is 1. The van der Waals surface area contributed by atoms with Gasteiger partial charge in [-0.1, -0.05) is 26.0 Å². The van der Waals surface area contributed by atoms with Crippen LogP contribution >= 0.6 is 0 Å². The van der Waals surface area contributed by atoms with Crippen molar-refractivity contribution in [1.29, 1.82) is 0 Å². The number of nitrogens with one attached hydrogen (secondary N) is 1. The smallest absolute Gasteiger partial charge is 0.119 e. The second kappa shape index (κ2) is 7.84. The Kier molecular flexibility index (Phi) is 6.10. The van der Waals surface area contributed by atoms with Gasteiger partial charge in [-0.15, -0.1) is 0 Å². The van der Waals surface area contributed by atoms with Gasteiger partial charge in [-0.2, -0.15) is 0 Å². The summed E-state index contributed by atoms with van der Waals surface area (Å²) in [6.07, 6.45) is 4.04. The van der Waals surface area contributed by atoms with E-state index < -0.39 is 0 Å². The molecule has 1 aromatic rings. The zero-order valence-corrected chi connectivity index (χ0v) is 14.1. The molecular formula is C19H31NO. The van der Waals surface area contributed by atoms with Crippen LogP contribution < -0.4 is 10.1 Å². The molecule has 2 heteroatoms. The number of hydrogen-bond acceptors (Lipinski definition) is 2. The lowest BCUT2D eigenvalue weighted by Crippen LogP contribution is -2.32. The van der Waals surface area contributed by atoms with E-state index in [1.165, 1.54) is 24.8 Å². The minimum atomic E-state index is 0.666. The van der Waals surface area contributed by atoms with Gasteiger partial charge >= 0.3 is 0 Å². The van der Waals surface area contributed by atoms with Crippen molar-refractivity contribution >= 4 is 0 Å². The summed E-state index contributed by atoms with van der Waals surface area (Å²) in [7, 11) is 2.07. The van der Waals surface area contributed by atoms with E-state index in [1.54, 1.807) is 0 Å². The molecule has 0 aromatic heterocycles. The highest BCUT2D eigenvalue weighted by atomic mass is 16.5. The van der Waals surface area contributed by atoms with Gasteiger partial charge in [0.25, 0.3) is 0 Å². The van der Waals surface area contributed by atoms with Crippen LogP contribution in [0.25, 0.3) is 0 Å². The summed E-state index contributed by atoms with van der Waals surface area (Å²) in [5, 5.41) is 3.39. The maximum Gasteiger partial charge on any atom is 0.119 e. The van der Waals surface area contributed by atoms with E-state index in [1.807, 2.05) is 6.92 Å². The van der Waals surface area contributed by atoms with E-state index in [-0.39, 0.29) is 0 Å². The fourth-order valence-electron chi connectivity index (χ4n) is 3.79. The maximum absolute atomic E-state index is 5.69. The van der Waals surface area contributed by atoms with Crippen molar-refractivity contribution in [2.45, 2.75) is 46.0 Å². The highest BCUT2D eigenvalue weighted by Crippen LogP contribution is 2.43. The van der Waals surface area contributed by atoms with E-state index in [0.29, 0.717) is 5.92 Å². The Morgan fingerprint density at radius 1 is 1.29 bits per heavy atom. The van der Waals surface area contributed by atoms with E-state index >= 15 is 0 Å². The summed E-state index contributed by atoms with van der Waals surface area (Å²) in [6.45, 7) is 8.65. The monoisotopic (exact) mass is 289 g/mol. The molecule has 3 atom stereocenters. The van der Waals surface area contributed by atoms with Crippen molar-refractivity contribution in [2.24, 2.45) is 17.8 Å². The fourth-order valence-corrected chi connectivity index (χ4v) is 3.79. The van der Waals surface area contributed by atoms with Crippen LogP contribution in [0.1, 0.15) is 51.5 Å². The largest absolute Gasteiger partial charge is 0.494 e. The van der Waals surface area contributed by atoms with Crippen LogP contribution in [0, 0.1) is 17.8 Å². The molecule has 118 valence electrons. The highest BCUT2D eigenvalue weighted by molar-refractivity contribution is 5.31. The van der Waals surface area contributed by atoms with Crippen molar-refractivity contribution in [3.05, 3.63) is 29.8 Å². The molecule has 0 aliphatic heterocycles. The molecule has 1 aromatic carbocycles. The number of rotatable bonds is 6. The Balaban J connectivity index is 2.19. The van der Waals surface area contributed by atoms with Crippen LogP contribution in [0.4, 0.5) is 0 Å². The summed E-state index contributed by atoms with van der Waals surface area (Å²) >= 11 is 0. The molecule has 0 spiro atoms. The van der Waals surface area contributed by atoms with Gasteiger partial charge in [0.2, 0.25) is 0 Å². The second-order valence-electron chi connectivity index (χ2n) is 6.75. The lowest BCUT2D eigenvalue weighted by atomic mass is 9.68. The summed E-state index contributed by atoms with van der Waals surface area (Å²) in [6, 6.07) is 8.77. The number of benzene rings is 1. The average molecular weight is 289 g/mol. The molecule has 0 heterocycles. The van der Waals surface area contributed by atoms with Crippen molar-refractivity contribution < 1.29 is 4.74 Å². The van der Waals surface area contributed by atoms with E-state index in [2.05, 4.69) is 50.5 Å². The van der Waals surface area contributed by atoms with Crippen molar-refractivity contribution in [2.75, 3.05) is 20.2 Å². The molecule has 0 radical (unpaired) electrons. The fraction of sp³-hybridized carbons (Fsp3) is 0.684. The molecule has 1 aliphatic carbocycles. The van der Waals surface area contributed by atoms with Gasteiger partial charge in [-0.3, -0.25) is 0 Å². The first-order valence-corrected chi connectivity index (χ1v) is 8.53. The minimum absolute atomic E-state index is 0.666. The third kappa shape index (κ3) is 4.23. The third-order valence-corrected chi connectivity index (χ3v) is 5.04. The molecule has 21 heavy (non-hydrogen) atoms. The lowest BCUT2D eigenvalue weighted by Gasteiger charge is -2.38. The Bertz CT molecular complexity index is 429. The van der Waals surface area contributed by atoms with Gasteiger partial charge in [-0.05, 0) is 81.1 Å². The Labute approximate surface area is 130 Å². The first-order chi connectivity index (χ1) is 10.2. The van der Waals surface area contributed by atoms with Crippen LogP contribution in [0.5, 0.6) is 5.75 Å². The third-order valence-electron chi connectivity index (χ3n) is 5.04. The van der Waals surface area contributed by atoms with E-state index in [0.717, 1.165) is 36.7 Å². The molecule has 0 bridgehead atoms. The summed E-state index contributed by atoms with van der Waals surface area (Å²) in [5.74, 6) is 4.09. The number of ether oxygens (including phenoxy) is 1. The molecule has 2 nitrogen and oxygen atoms in total. The molecule has 1 saturated carbocycles. The van der Waals surface area contributed by atoms with Crippen LogP contribution in [0.2, 0.25) is 0 Å². The molecular weight excluding hydrogens is 258 g/mol. The molecule has 2 rings (SSSR count). The minimum Gasteiger partial charge on any atom is -0.494 e. The molecule has 0 saturated heterocycles. The topological polar surface area (TPSA) is 21.3 Å². The maximum atomic E-state index is 5.69. The predicted molar refractivity (Wildman–Crippen MR) is 89.9 cm³/mol. The quantitative estimate of drug-likeness (QED) is 0.835. The van der Waals surface area contributed by atoms with Crippen LogP contribution in [0.3, 0.4) is 0 Å². The van der Waals surface area contributed by atoms with Crippen molar-refractivity contribution in [1.82, 2.24) is 5.32 Å². The highest BCUT2D eigenvalue weighted by Gasteiger charge is 2.32. The summed E-state index contributed by atoms with van der Waals surface area (Å²) < 4.78 is 5.69. The second-order valence-corrected chi connectivity index (χ2v) is 6.75. The predicted octanol–water partition coefficient (Wildman–Crippen LogP) is 4.46.